The number of ether oxygens (including phenoxy) is 1. The lowest BCUT2D eigenvalue weighted by atomic mass is 10.2. The first-order valence-electron chi connectivity index (χ1n) is 8.88. The van der Waals surface area contributed by atoms with Gasteiger partial charge in [-0.1, -0.05) is 55.3 Å². The van der Waals surface area contributed by atoms with E-state index < -0.39 is 6.09 Å². The van der Waals surface area contributed by atoms with Crippen LogP contribution in [0.4, 0.5) is 4.79 Å². The third kappa shape index (κ3) is 4.68. The molecule has 6 heteroatoms. The molecular formula is C21H22ClN3O2. The molecule has 1 amide bonds. The Morgan fingerprint density at radius 2 is 1.85 bits per heavy atom. The average molecular weight is 384 g/mol. The van der Waals surface area contributed by atoms with E-state index in [1.165, 1.54) is 0 Å². The molecule has 0 saturated carbocycles. The maximum absolute atomic E-state index is 12.5. The fourth-order valence-electron chi connectivity index (χ4n) is 2.81. The minimum absolute atomic E-state index is 0.410. The van der Waals surface area contributed by atoms with Gasteiger partial charge in [-0.15, -0.1) is 0 Å². The van der Waals surface area contributed by atoms with Crippen LogP contribution in [0.2, 0.25) is 5.02 Å². The van der Waals surface area contributed by atoms with Gasteiger partial charge in [0.1, 0.15) is 0 Å². The minimum atomic E-state index is -0.410. The number of amides is 1. The van der Waals surface area contributed by atoms with Crippen LogP contribution in [0.15, 0.2) is 60.8 Å². The first-order chi connectivity index (χ1) is 13.1. The summed E-state index contributed by atoms with van der Waals surface area (Å²) in [4.78, 5) is 14.1. The van der Waals surface area contributed by atoms with Gasteiger partial charge in [-0.05, 0) is 36.2 Å². The second-order valence-electron chi connectivity index (χ2n) is 6.30. The molecule has 0 aliphatic carbocycles. The van der Waals surface area contributed by atoms with Crippen LogP contribution in [0, 0.1) is 0 Å². The zero-order valence-electron chi connectivity index (χ0n) is 15.4. The molecule has 0 aliphatic heterocycles. The summed E-state index contributed by atoms with van der Waals surface area (Å²) in [5.41, 5.74) is 2.78. The lowest BCUT2D eigenvalue weighted by molar-refractivity contribution is 0.160. The number of hydrogen-bond acceptors (Lipinski definition) is 3. The second kappa shape index (κ2) is 8.73. The molecule has 0 fully saturated rings. The summed E-state index contributed by atoms with van der Waals surface area (Å²) in [7, 11) is 1.72. The predicted molar refractivity (Wildman–Crippen MR) is 107 cm³/mol. The Balaban J connectivity index is 1.77. The van der Waals surface area contributed by atoms with Crippen LogP contribution in [0.1, 0.15) is 24.6 Å². The lowest BCUT2D eigenvalue weighted by Crippen LogP contribution is -2.29. The maximum atomic E-state index is 12.5. The van der Waals surface area contributed by atoms with Gasteiger partial charge in [0.2, 0.25) is 0 Å². The van der Waals surface area contributed by atoms with Crippen molar-refractivity contribution < 1.29 is 9.53 Å². The fourth-order valence-corrected chi connectivity index (χ4v) is 2.93. The molecule has 0 atom stereocenters. The standard InChI is InChI=1S/C21H22ClN3O2/c1-3-7-19-20(14-23-25(19)18-12-10-17(22)11-13-18)27-21(26)24(2)15-16-8-5-4-6-9-16/h4-6,8-14H,3,7,15H2,1-2H3. The molecule has 1 aromatic heterocycles. The summed E-state index contributed by atoms with van der Waals surface area (Å²) < 4.78 is 7.43. The normalized spacial score (nSPS) is 10.6. The van der Waals surface area contributed by atoms with Crippen molar-refractivity contribution in [2.75, 3.05) is 7.05 Å². The van der Waals surface area contributed by atoms with E-state index in [2.05, 4.69) is 12.0 Å². The van der Waals surface area contributed by atoms with Crippen molar-refractivity contribution in [1.29, 1.82) is 0 Å². The Morgan fingerprint density at radius 3 is 2.52 bits per heavy atom. The molecule has 0 N–H and O–H groups in total. The van der Waals surface area contributed by atoms with E-state index in [0.29, 0.717) is 17.3 Å². The molecule has 0 aliphatic rings. The SMILES string of the molecule is CCCc1c(OC(=O)N(C)Cc2ccccc2)cnn1-c1ccc(Cl)cc1. The molecule has 0 radical (unpaired) electrons. The fraction of sp³-hybridized carbons (Fsp3) is 0.238. The highest BCUT2D eigenvalue weighted by Gasteiger charge is 2.18. The Labute approximate surface area is 164 Å². The van der Waals surface area contributed by atoms with E-state index in [4.69, 9.17) is 16.3 Å². The Kier molecular flexibility index (Phi) is 6.14. The van der Waals surface area contributed by atoms with Gasteiger partial charge < -0.3 is 9.64 Å². The molecule has 140 valence electrons. The summed E-state index contributed by atoms with van der Waals surface area (Å²) in [5, 5.41) is 5.07. The Hall–Kier alpha value is -2.79. The quantitative estimate of drug-likeness (QED) is 0.594. The van der Waals surface area contributed by atoms with E-state index in [1.54, 1.807) is 22.8 Å². The molecule has 3 rings (SSSR count). The van der Waals surface area contributed by atoms with Crippen LogP contribution >= 0.6 is 11.6 Å². The van der Waals surface area contributed by atoms with Gasteiger partial charge in [0.25, 0.3) is 0 Å². The van der Waals surface area contributed by atoms with E-state index >= 15 is 0 Å². The van der Waals surface area contributed by atoms with E-state index in [9.17, 15) is 4.79 Å². The third-order valence-electron chi connectivity index (χ3n) is 4.16. The maximum Gasteiger partial charge on any atom is 0.415 e. The largest absolute Gasteiger partial charge is 0.415 e. The van der Waals surface area contributed by atoms with Crippen molar-refractivity contribution >= 4 is 17.7 Å². The second-order valence-corrected chi connectivity index (χ2v) is 6.74. The summed E-state index contributed by atoms with van der Waals surface area (Å²) in [6, 6.07) is 17.2. The van der Waals surface area contributed by atoms with Gasteiger partial charge in [-0.25, -0.2) is 9.48 Å². The first kappa shape index (κ1) is 19.0. The number of hydrogen-bond donors (Lipinski definition) is 0. The number of rotatable bonds is 6. The van der Waals surface area contributed by atoms with E-state index in [1.807, 2.05) is 54.6 Å². The van der Waals surface area contributed by atoms with Gasteiger partial charge in [-0.3, -0.25) is 0 Å². The van der Waals surface area contributed by atoms with Crippen molar-refractivity contribution in [2.45, 2.75) is 26.3 Å². The zero-order valence-corrected chi connectivity index (χ0v) is 16.2. The van der Waals surface area contributed by atoms with Crippen LogP contribution in [0.3, 0.4) is 0 Å². The average Bonchev–Trinajstić information content (AvgIpc) is 3.06. The highest BCUT2D eigenvalue weighted by Crippen LogP contribution is 2.24. The molecule has 0 bridgehead atoms. The number of carbonyl (C=O) groups excluding carboxylic acids is 1. The van der Waals surface area contributed by atoms with Crippen molar-refractivity contribution in [2.24, 2.45) is 0 Å². The highest BCUT2D eigenvalue weighted by molar-refractivity contribution is 6.30. The first-order valence-corrected chi connectivity index (χ1v) is 9.26. The van der Waals surface area contributed by atoms with Crippen LogP contribution in [0.25, 0.3) is 5.69 Å². The minimum Gasteiger partial charge on any atom is -0.407 e. The summed E-state index contributed by atoms with van der Waals surface area (Å²) in [6.07, 6.45) is 2.83. The molecule has 27 heavy (non-hydrogen) atoms. The molecule has 3 aromatic rings. The van der Waals surface area contributed by atoms with Gasteiger partial charge in [0.15, 0.2) is 5.75 Å². The highest BCUT2D eigenvalue weighted by atomic mass is 35.5. The van der Waals surface area contributed by atoms with Crippen molar-refractivity contribution in [3.05, 3.63) is 77.1 Å². The van der Waals surface area contributed by atoms with Crippen LogP contribution in [-0.4, -0.2) is 27.8 Å². The van der Waals surface area contributed by atoms with Gasteiger partial charge in [0, 0.05) is 18.6 Å². The molecule has 2 aromatic carbocycles. The monoisotopic (exact) mass is 383 g/mol. The number of nitrogens with zero attached hydrogens (tertiary/aromatic N) is 3. The number of aromatic nitrogens is 2. The van der Waals surface area contributed by atoms with Crippen LogP contribution in [0.5, 0.6) is 5.75 Å². The molecule has 0 unspecified atom stereocenters. The molecular weight excluding hydrogens is 362 g/mol. The van der Waals surface area contributed by atoms with Crippen LogP contribution < -0.4 is 4.74 Å². The van der Waals surface area contributed by atoms with Gasteiger partial charge in [0.05, 0.1) is 17.6 Å². The third-order valence-corrected chi connectivity index (χ3v) is 4.41. The number of halogens is 1. The van der Waals surface area contributed by atoms with E-state index in [0.717, 1.165) is 29.8 Å². The summed E-state index contributed by atoms with van der Waals surface area (Å²) in [6.45, 7) is 2.56. The molecule has 5 nitrogen and oxygen atoms in total. The van der Waals surface area contributed by atoms with Crippen molar-refractivity contribution in [1.82, 2.24) is 14.7 Å². The smallest absolute Gasteiger partial charge is 0.407 e. The summed E-state index contributed by atoms with van der Waals surface area (Å²) in [5.74, 6) is 0.483. The predicted octanol–water partition coefficient (Wildman–Crippen LogP) is 5.11. The molecule has 0 saturated heterocycles. The Morgan fingerprint density at radius 1 is 1.15 bits per heavy atom. The van der Waals surface area contributed by atoms with Gasteiger partial charge in [-0.2, -0.15) is 5.10 Å². The zero-order chi connectivity index (χ0) is 19.2. The molecule has 1 heterocycles. The number of benzene rings is 2. The topological polar surface area (TPSA) is 47.4 Å². The van der Waals surface area contributed by atoms with Crippen molar-refractivity contribution in [3.8, 4) is 11.4 Å². The van der Waals surface area contributed by atoms with E-state index in [-0.39, 0.29) is 0 Å². The van der Waals surface area contributed by atoms with Crippen molar-refractivity contribution in [3.63, 3.8) is 0 Å². The molecule has 0 spiro atoms. The Bertz CT molecular complexity index is 892. The summed E-state index contributed by atoms with van der Waals surface area (Å²) >= 11 is 5.97. The van der Waals surface area contributed by atoms with Gasteiger partial charge >= 0.3 is 6.09 Å². The lowest BCUT2D eigenvalue weighted by Gasteiger charge is -2.17. The number of carbonyl (C=O) groups is 1. The van der Waals surface area contributed by atoms with Crippen LogP contribution in [-0.2, 0) is 13.0 Å².